The van der Waals surface area contributed by atoms with Crippen molar-refractivity contribution in [3.05, 3.63) is 71.8 Å². The van der Waals surface area contributed by atoms with Gasteiger partial charge in [0, 0.05) is 12.0 Å². The Hall–Kier alpha value is -1.64. The lowest BCUT2D eigenvalue weighted by atomic mass is 9.75. The molecule has 0 bridgehead atoms. The second-order valence-electron chi connectivity index (χ2n) is 6.10. The Kier molecular flexibility index (Phi) is 4.69. The molecule has 2 aromatic rings. The molecule has 1 aliphatic carbocycles. The molecule has 2 aromatic carbocycles. The summed E-state index contributed by atoms with van der Waals surface area (Å²) in [7, 11) is 0. The van der Waals surface area contributed by atoms with Crippen LogP contribution < -0.4 is 11.3 Å². The van der Waals surface area contributed by atoms with Crippen molar-refractivity contribution in [2.24, 2.45) is 11.8 Å². The Labute approximate surface area is 127 Å². The van der Waals surface area contributed by atoms with Gasteiger partial charge in [-0.25, -0.2) is 0 Å². The first-order chi connectivity index (χ1) is 10.4. The number of nitrogens with one attached hydrogen (secondary N) is 1. The summed E-state index contributed by atoms with van der Waals surface area (Å²) in [6.07, 6.45) is 5.25. The largest absolute Gasteiger partial charge is 0.271 e. The van der Waals surface area contributed by atoms with E-state index in [1.54, 1.807) is 0 Å². The van der Waals surface area contributed by atoms with E-state index in [0.29, 0.717) is 12.0 Å². The first kappa shape index (κ1) is 14.3. The number of hydrogen-bond donors (Lipinski definition) is 2. The van der Waals surface area contributed by atoms with Gasteiger partial charge >= 0.3 is 0 Å². The normalized spacial score (nSPS) is 16.7. The average molecular weight is 280 g/mol. The van der Waals surface area contributed by atoms with Crippen molar-refractivity contribution in [1.29, 1.82) is 0 Å². The molecule has 3 rings (SSSR count). The average Bonchev–Trinajstić information content (AvgIpc) is 2.51. The zero-order valence-electron chi connectivity index (χ0n) is 12.4. The Morgan fingerprint density at radius 1 is 0.905 bits per heavy atom. The molecule has 3 N–H and O–H groups in total. The summed E-state index contributed by atoms with van der Waals surface area (Å²) < 4.78 is 0. The molecule has 0 spiro atoms. The van der Waals surface area contributed by atoms with Crippen LogP contribution in [-0.2, 0) is 0 Å². The summed E-state index contributed by atoms with van der Waals surface area (Å²) >= 11 is 0. The van der Waals surface area contributed by atoms with Crippen molar-refractivity contribution >= 4 is 0 Å². The van der Waals surface area contributed by atoms with Gasteiger partial charge in [0.25, 0.3) is 0 Å². The van der Waals surface area contributed by atoms with Gasteiger partial charge in [0.1, 0.15) is 0 Å². The quantitative estimate of drug-likeness (QED) is 0.623. The van der Waals surface area contributed by atoms with E-state index in [9.17, 15) is 0 Å². The van der Waals surface area contributed by atoms with E-state index in [2.05, 4.69) is 66.1 Å². The summed E-state index contributed by atoms with van der Waals surface area (Å²) in [6, 6.07) is 21.7. The van der Waals surface area contributed by atoms with E-state index < -0.39 is 0 Å². The summed E-state index contributed by atoms with van der Waals surface area (Å²) in [5.74, 6) is 7.08. The van der Waals surface area contributed by atoms with E-state index in [-0.39, 0.29) is 0 Å². The number of hydrazine groups is 1. The van der Waals surface area contributed by atoms with Crippen molar-refractivity contribution in [1.82, 2.24) is 5.43 Å². The van der Waals surface area contributed by atoms with Crippen LogP contribution >= 0.6 is 0 Å². The van der Waals surface area contributed by atoms with Crippen LogP contribution in [-0.4, -0.2) is 6.04 Å². The lowest BCUT2D eigenvalue weighted by molar-refractivity contribution is 0.251. The molecule has 0 aliphatic heterocycles. The first-order valence-corrected chi connectivity index (χ1v) is 7.94. The topological polar surface area (TPSA) is 38.0 Å². The zero-order chi connectivity index (χ0) is 14.5. The van der Waals surface area contributed by atoms with Gasteiger partial charge < -0.3 is 0 Å². The van der Waals surface area contributed by atoms with Gasteiger partial charge in [-0.05, 0) is 23.5 Å². The number of rotatable bonds is 6. The molecule has 21 heavy (non-hydrogen) atoms. The summed E-state index contributed by atoms with van der Waals surface area (Å²) in [4.78, 5) is 0. The number of hydrogen-bond acceptors (Lipinski definition) is 2. The van der Waals surface area contributed by atoms with E-state index in [1.807, 2.05) is 0 Å². The van der Waals surface area contributed by atoms with Crippen molar-refractivity contribution in [2.45, 2.75) is 37.6 Å². The van der Waals surface area contributed by atoms with Crippen molar-refractivity contribution in [2.75, 3.05) is 0 Å². The van der Waals surface area contributed by atoms with Crippen molar-refractivity contribution in [3.63, 3.8) is 0 Å². The molecule has 0 amide bonds. The molecule has 0 aromatic heterocycles. The molecule has 1 aliphatic rings. The molecule has 1 saturated carbocycles. The smallest absolute Gasteiger partial charge is 0.0322 e. The van der Waals surface area contributed by atoms with Crippen LogP contribution in [0.1, 0.15) is 42.7 Å². The second-order valence-corrected chi connectivity index (χ2v) is 6.10. The fraction of sp³-hybridized carbons (Fsp3) is 0.368. The fourth-order valence-electron chi connectivity index (χ4n) is 3.37. The molecule has 0 heterocycles. The lowest BCUT2D eigenvalue weighted by Gasteiger charge is -2.34. The number of benzene rings is 2. The Bertz CT molecular complexity index is 495. The minimum absolute atomic E-state index is 0.292. The van der Waals surface area contributed by atoms with Crippen LogP contribution in [0.25, 0.3) is 0 Å². The lowest BCUT2D eigenvalue weighted by Crippen LogP contribution is -2.42. The van der Waals surface area contributed by atoms with Crippen LogP contribution in [0.2, 0.25) is 0 Å². The SMILES string of the molecule is NNC(CC1CCC1)C(c1ccccc1)c1ccccc1. The molecule has 2 heteroatoms. The standard InChI is InChI=1S/C19H24N2/c20-21-18(14-15-8-7-9-15)19(16-10-3-1-4-11-16)17-12-5-2-6-13-17/h1-6,10-13,15,18-19,21H,7-9,14,20H2. The predicted molar refractivity (Wildman–Crippen MR) is 87.8 cm³/mol. The molecule has 1 unspecified atom stereocenters. The van der Waals surface area contributed by atoms with Crippen LogP contribution in [0.5, 0.6) is 0 Å². The zero-order valence-corrected chi connectivity index (χ0v) is 12.4. The van der Waals surface area contributed by atoms with Crippen LogP contribution in [0, 0.1) is 5.92 Å². The van der Waals surface area contributed by atoms with E-state index in [1.165, 1.54) is 30.4 Å². The van der Waals surface area contributed by atoms with Gasteiger partial charge in [-0.1, -0.05) is 79.9 Å². The minimum atomic E-state index is 0.292. The predicted octanol–water partition coefficient (Wildman–Crippen LogP) is 3.84. The molecule has 1 fully saturated rings. The Balaban J connectivity index is 1.90. The first-order valence-electron chi connectivity index (χ1n) is 7.94. The van der Waals surface area contributed by atoms with Crippen molar-refractivity contribution in [3.8, 4) is 0 Å². The van der Waals surface area contributed by atoms with Gasteiger partial charge in [0.15, 0.2) is 0 Å². The third-order valence-corrected chi connectivity index (χ3v) is 4.75. The Morgan fingerprint density at radius 3 is 1.81 bits per heavy atom. The van der Waals surface area contributed by atoms with E-state index in [4.69, 9.17) is 5.84 Å². The van der Waals surface area contributed by atoms with E-state index >= 15 is 0 Å². The van der Waals surface area contributed by atoms with Gasteiger partial charge in [-0.3, -0.25) is 11.3 Å². The highest BCUT2D eigenvalue weighted by Crippen LogP contribution is 2.36. The van der Waals surface area contributed by atoms with Crippen LogP contribution in [0.4, 0.5) is 0 Å². The third-order valence-electron chi connectivity index (χ3n) is 4.75. The molecule has 0 radical (unpaired) electrons. The van der Waals surface area contributed by atoms with Gasteiger partial charge in [0.05, 0.1) is 0 Å². The molecular weight excluding hydrogens is 256 g/mol. The summed E-state index contributed by atoms with van der Waals surface area (Å²) in [6.45, 7) is 0. The molecule has 110 valence electrons. The highest BCUT2D eigenvalue weighted by molar-refractivity contribution is 5.34. The van der Waals surface area contributed by atoms with Gasteiger partial charge in [0.2, 0.25) is 0 Å². The molecule has 0 saturated heterocycles. The maximum Gasteiger partial charge on any atom is 0.0322 e. The fourth-order valence-corrected chi connectivity index (χ4v) is 3.37. The monoisotopic (exact) mass is 280 g/mol. The van der Waals surface area contributed by atoms with Gasteiger partial charge in [-0.15, -0.1) is 0 Å². The third kappa shape index (κ3) is 3.34. The highest BCUT2D eigenvalue weighted by Gasteiger charge is 2.29. The highest BCUT2D eigenvalue weighted by atomic mass is 15.2. The van der Waals surface area contributed by atoms with Gasteiger partial charge in [-0.2, -0.15) is 0 Å². The maximum atomic E-state index is 5.93. The molecule has 1 atom stereocenters. The second kappa shape index (κ2) is 6.88. The summed E-state index contributed by atoms with van der Waals surface area (Å²) in [5.41, 5.74) is 5.78. The minimum Gasteiger partial charge on any atom is -0.271 e. The summed E-state index contributed by atoms with van der Waals surface area (Å²) in [5, 5.41) is 0. The van der Waals surface area contributed by atoms with E-state index in [0.717, 1.165) is 12.3 Å². The molecular formula is C19H24N2. The molecule has 2 nitrogen and oxygen atoms in total. The Morgan fingerprint density at radius 2 is 1.43 bits per heavy atom. The van der Waals surface area contributed by atoms with Crippen LogP contribution in [0.3, 0.4) is 0 Å². The van der Waals surface area contributed by atoms with Crippen molar-refractivity contribution < 1.29 is 0 Å². The van der Waals surface area contributed by atoms with Crippen LogP contribution in [0.15, 0.2) is 60.7 Å². The maximum absolute atomic E-state index is 5.93. The number of nitrogens with two attached hydrogens (primary N) is 1.